The summed E-state index contributed by atoms with van der Waals surface area (Å²) >= 11 is 5.31. The van der Waals surface area contributed by atoms with Crippen LogP contribution in [0.15, 0.2) is 12.1 Å². The van der Waals surface area contributed by atoms with Crippen LogP contribution in [0.1, 0.15) is 15.9 Å². The molecule has 0 spiro atoms. The summed E-state index contributed by atoms with van der Waals surface area (Å²) in [5.41, 5.74) is -0.0670. The molecule has 0 atom stereocenters. The molecular weight excluding hydrogens is 221 g/mol. The van der Waals surface area contributed by atoms with E-state index in [-0.39, 0.29) is 22.8 Å². The first-order chi connectivity index (χ1) is 7.13. The molecule has 3 nitrogen and oxygen atoms in total. The average Bonchev–Trinajstić information content (AvgIpc) is 2.28. The first-order valence-corrected chi connectivity index (χ1v) is 4.54. The molecule has 0 amide bonds. The molecule has 0 fully saturated rings. The zero-order valence-electron chi connectivity index (χ0n) is 7.88. The Morgan fingerprint density at radius 2 is 2.33 bits per heavy atom. The molecule has 0 aliphatic heterocycles. The smallest absolute Gasteiger partial charge is 0.180 e. The summed E-state index contributed by atoms with van der Waals surface area (Å²) in [6.07, 6.45) is 0. The summed E-state index contributed by atoms with van der Waals surface area (Å²) in [6, 6.07) is 4.18. The Hall–Kier alpha value is -1.60. The number of hydrogen-bond donors (Lipinski definition) is 0. The molecule has 0 aliphatic rings. The van der Waals surface area contributed by atoms with Gasteiger partial charge in [-0.1, -0.05) is 0 Å². The Kier molecular flexibility index (Phi) is 3.64. The van der Waals surface area contributed by atoms with E-state index in [4.69, 9.17) is 21.6 Å². The van der Waals surface area contributed by atoms with Gasteiger partial charge >= 0.3 is 0 Å². The van der Waals surface area contributed by atoms with Crippen molar-refractivity contribution in [3.63, 3.8) is 0 Å². The van der Waals surface area contributed by atoms with Gasteiger partial charge in [-0.25, -0.2) is 4.39 Å². The highest BCUT2D eigenvalue weighted by Crippen LogP contribution is 2.23. The number of hydrogen-bond acceptors (Lipinski definition) is 3. The molecule has 0 heterocycles. The van der Waals surface area contributed by atoms with Crippen LogP contribution < -0.4 is 4.74 Å². The lowest BCUT2D eigenvalue weighted by molar-refractivity contribution is 0.101. The van der Waals surface area contributed by atoms with Crippen LogP contribution in [0.4, 0.5) is 4.39 Å². The van der Waals surface area contributed by atoms with Gasteiger partial charge in [-0.05, 0) is 6.07 Å². The largest absolute Gasteiger partial charge is 0.494 e. The van der Waals surface area contributed by atoms with Gasteiger partial charge in [0.15, 0.2) is 17.3 Å². The van der Waals surface area contributed by atoms with Crippen LogP contribution in [0.3, 0.4) is 0 Å². The number of benzene rings is 1. The molecule has 0 saturated heterocycles. The number of ether oxygens (including phenoxy) is 1. The molecule has 0 radical (unpaired) electrons. The van der Waals surface area contributed by atoms with Gasteiger partial charge in [-0.3, -0.25) is 4.79 Å². The fourth-order valence-electron chi connectivity index (χ4n) is 1.09. The van der Waals surface area contributed by atoms with Gasteiger partial charge in [0.2, 0.25) is 0 Å². The van der Waals surface area contributed by atoms with Crippen molar-refractivity contribution in [1.82, 2.24) is 0 Å². The second-order valence-electron chi connectivity index (χ2n) is 2.71. The molecule has 0 N–H and O–H groups in total. The van der Waals surface area contributed by atoms with Crippen LogP contribution in [0.2, 0.25) is 0 Å². The van der Waals surface area contributed by atoms with E-state index in [1.54, 1.807) is 6.07 Å². The lowest BCUT2D eigenvalue weighted by atomic mass is 10.1. The van der Waals surface area contributed by atoms with Gasteiger partial charge in [0.25, 0.3) is 0 Å². The molecular formula is C10H7ClFNO2. The highest BCUT2D eigenvalue weighted by atomic mass is 35.5. The molecule has 0 aliphatic carbocycles. The van der Waals surface area contributed by atoms with Gasteiger partial charge < -0.3 is 4.74 Å². The van der Waals surface area contributed by atoms with Gasteiger partial charge in [-0.2, -0.15) is 5.26 Å². The zero-order chi connectivity index (χ0) is 11.4. The second kappa shape index (κ2) is 4.76. The van der Waals surface area contributed by atoms with Crippen LogP contribution in [0.5, 0.6) is 5.75 Å². The van der Waals surface area contributed by atoms with E-state index in [1.807, 2.05) is 0 Å². The highest BCUT2D eigenvalue weighted by molar-refractivity contribution is 6.30. The topological polar surface area (TPSA) is 50.1 Å². The predicted octanol–water partition coefficient (Wildman–Crippen LogP) is 2.13. The fraction of sp³-hybridized carbons (Fsp3) is 0.200. The Morgan fingerprint density at radius 3 is 2.80 bits per heavy atom. The predicted molar refractivity (Wildman–Crippen MR) is 52.7 cm³/mol. The Balaban J connectivity index is 3.38. The van der Waals surface area contributed by atoms with Gasteiger partial charge in [-0.15, -0.1) is 11.6 Å². The van der Waals surface area contributed by atoms with Crippen LogP contribution in [0.25, 0.3) is 0 Å². The van der Waals surface area contributed by atoms with Crippen molar-refractivity contribution < 1.29 is 13.9 Å². The molecule has 0 aromatic heterocycles. The summed E-state index contributed by atoms with van der Waals surface area (Å²) in [5.74, 6) is -1.84. The molecule has 1 rings (SSSR count). The van der Waals surface area contributed by atoms with Crippen LogP contribution in [-0.4, -0.2) is 18.8 Å². The number of carbonyl (C=O) groups excluding carboxylic acids is 1. The number of carbonyl (C=O) groups is 1. The maximum absolute atomic E-state index is 13.5. The maximum atomic E-state index is 13.5. The van der Waals surface area contributed by atoms with Crippen molar-refractivity contribution in [1.29, 1.82) is 5.26 Å². The number of rotatable bonds is 3. The van der Waals surface area contributed by atoms with Crippen molar-refractivity contribution in [2.24, 2.45) is 0 Å². The number of ketones is 1. The fourth-order valence-corrected chi connectivity index (χ4v) is 1.23. The summed E-state index contributed by atoms with van der Waals surface area (Å²) in [6.45, 7) is 0. The number of nitriles is 1. The number of nitrogens with zero attached hydrogens (tertiary/aromatic N) is 1. The molecule has 15 heavy (non-hydrogen) atoms. The molecule has 1 aromatic rings. The van der Waals surface area contributed by atoms with Crippen molar-refractivity contribution >= 4 is 17.4 Å². The van der Waals surface area contributed by atoms with E-state index in [1.165, 1.54) is 13.2 Å². The van der Waals surface area contributed by atoms with Crippen molar-refractivity contribution in [2.45, 2.75) is 0 Å². The molecule has 0 bridgehead atoms. The van der Waals surface area contributed by atoms with Crippen LogP contribution in [0, 0.1) is 17.1 Å². The summed E-state index contributed by atoms with van der Waals surface area (Å²) in [5, 5.41) is 8.66. The molecule has 0 saturated carbocycles. The number of alkyl halides is 1. The Morgan fingerprint density at radius 1 is 1.67 bits per heavy atom. The molecule has 78 valence electrons. The van der Waals surface area contributed by atoms with Crippen LogP contribution in [-0.2, 0) is 0 Å². The lowest BCUT2D eigenvalue weighted by Crippen LogP contribution is -2.06. The average molecular weight is 228 g/mol. The van der Waals surface area contributed by atoms with E-state index >= 15 is 0 Å². The number of halogens is 2. The molecule has 1 aromatic carbocycles. The highest BCUT2D eigenvalue weighted by Gasteiger charge is 2.16. The minimum Gasteiger partial charge on any atom is -0.494 e. The van der Waals surface area contributed by atoms with E-state index < -0.39 is 11.6 Å². The normalized spacial score (nSPS) is 9.47. The van der Waals surface area contributed by atoms with Gasteiger partial charge in [0.05, 0.1) is 30.2 Å². The minimum atomic E-state index is -0.790. The van der Waals surface area contributed by atoms with Crippen molar-refractivity contribution in [3.05, 3.63) is 29.1 Å². The standard InChI is InChI=1S/C10H7ClFNO2/c1-15-9-3-6(5-13)2-7(10(9)12)8(14)4-11/h2-3H,4H2,1H3. The van der Waals surface area contributed by atoms with Gasteiger partial charge in [0.1, 0.15) is 0 Å². The van der Waals surface area contributed by atoms with Gasteiger partial charge in [0, 0.05) is 6.07 Å². The van der Waals surface area contributed by atoms with E-state index in [2.05, 4.69) is 0 Å². The first-order valence-electron chi connectivity index (χ1n) is 4.00. The molecule has 0 unspecified atom stereocenters. The number of Topliss-reactive ketones (excluding diaryl/α,β-unsaturated/α-hetero) is 1. The van der Waals surface area contributed by atoms with E-state index in [0.29, 0.717) is 0 Å². The number of methoxy groups -OCH3 is 1. The third kappa shape index (κ3) is 2.25. The second-order valence-corrected chi connectivity index (χ2v) is 2.98. The monoisotopic (exact) mass is 227 g/mol. The lowest BCUT2D eigenvalue weighted by Gasteiger charge is -2.06. The van der Waals surface area contributed by atoms with Crippen molar-refractivity contribution in [3.8, 4) is 11.8 Å². The van der Waals surface area contributed by atoms with Crippen LogP contribution >= 0.6 is 11.6 Å². The Bertz CT molecular complexity index is 440. The minimum absolute atomic E-state index is 0.137. The SMILES string of the molecule is COc1cc(C#N)cc(C(=O)CCl)c1F. The Labute approximate surface area is 91.0 Å². The summed E-state index contributed by atoms with van der Waals surface area (Å²) in [4.78, 5) is 11.2. The van der Waals surface area contributed by atoms with E-state index in [0.717, 1.165) is 6.07 Å². The zero-order valence-corrected chi connectivity index (χ0v) is 8.64. The summed E-state index contributed by atoms with van der Waals surface area (Å²) in [7, 11) is 1.26. The van der Waals surface area contributed by atoms with Crippen molar-refractivity contribution in [2.75, 3.05) is 13.0 Å². The third-order valence-electron chi connectivity index (χ3n) is 1.81. The van der Waals surface area contributed by atoms with E-state index in [9.17, 15) is 9.18 Å². The quantitative estimate of drug-likeness (QED) is 0.587. The third-order valence-corrected chi connectivity index (χ3v) is 2.05. The maximum Gasteiger partial charge on any atom is 0.180 e. The summed E-state index contributed by atoms with van der Waals surface area (Å²) < 4.78 is 18.2. The first kappa shape index (κ1) is 11.5. The molecule has 5 heteroatoms.